The summed E-state index contributed by atoms with van der Waals surface area (Å²) in [6, 6.07) is 5.11. The Morgan fingerprint density at radius 2 is 2.11 bits per heavy atom. The fraction of sp³-hybridized carbons (Fsp3) is 0.214. The van der Waals surface area contributed by atoms with Crippen LogP contribution >= 0.6 is 11.6 Å². The van der Waals surface area contributed by atoms with Gasteiger partial charge < -0.3 is 4.74 Å². The molecule has 0 fully saturated rings. The Bertz CT molecular complexity index is 533. The first kappa shape index (κ1) is 14.6. The van der Waals surface area contributed by atoms with Gasteiger partial charge in [0.2, 0.25) is 0 Å². The molecule has 0 aliphatic heterocycles. The topological polar surface area (TPSA) is 26.3 Å². The van der Waals surface area contributed by atoms with Crippen LogP contribution in [-0.4, -0.2) is 14.0 Å². The molecule has 0 unspecified atom stereocenters. The van der Waals surface area contributed by atoms with Crippen LogP contribution in [0.5, 0.6) is 5.75 Å². The second-order valence-electron chi connectivity index (χ2n) is 4.77. The molecule has 1 aromatic rings. The first-order valence-corrected chi connectivity index (χ1v) is 9.36. The highest BCUT2D eigenvalue weighted by molar-refractivity contribution is 6.83. The van der Waals surface area contributed by atoms with Gasteiger partial charge in [0.25, 0.3) is 0 Å². The molecule has 0 bridgehead atoms. The average molecular weight is 279 g/mol. The quantitative estimate of drug-likeness (QED) is 0.271. The Morgan fingerprint density at radius 1 is 1.44 bits per heavy atom. The van der Waals surface area contributed by atoms with E-state index >= 15 is 0 Å². The molecule has 0 N–H and O–H groups in total. The number of esters is 1. The van der Waals surface area contributed by atoms with Gasteiger partial charge in [-0.05, 0) is 18.2 Å². The first-order valence-electron chi connectivity index (χ1n) is 5.49. The van der Waals surface area contributed by atoms with E-state index in [1.54, 1.807) is 18.2 Å². The molecule has 0 amide bonds. The molecule has 18 heavy (non-hydrogen) atoms. The molecular formula is C14H15ClO2Si. The van der Waals surface area contributed by atoms with Crippen molar-refractivity contribution in [1.29, 1.82) is 0 Å². The van der Waals surface area contributed by atoms with E-state index in [2.05, 4.69) is 37.7 Å². The predicted molar refractivity (Wildman–Crippen MR) is 77.5 cm³/mol. The standard InChI is InChI=1S/C14H15ClO2Si/c1-5-14(16)17-13-7-6-11(10-12(13)15)8-9-18(2,3)4/h5-7,10H,1H2,2-4H3. The van der Waals surface area contributed by atoms with Gasteiger partial charge in [0.1, 0.15) is 13.8 Å². The molecule has 0 saturated heterocycles. The summed E-state index contributed by atoms with van der Waals surface area (Å²) in [6.07, 6.45) is 1.09. The zero-order valence-corrected chi connectivity index (χ0v) is 12.5. The molecule has 0 heterocycles. The summed E-state index contributed by atoms with van der Waals surface area (Å²) in [4.78, 5) is 11.1. The van der Waals surface area contributed by atoms with Gasteiger partial charge in [-0.3, -0.25) is 0 Å². The Morgan fingerprint density at radius 3 is 2.61 bits per heavy atom. The Hall–Kier alpha value is -1.50. The summed E-state index contributed by atoms with van der Waals surface area (Å²) < 4.78 is 4.97. The van der Waals surface area contributed by atoms with Crippen molar-refractivity contribution in [3.8, 4) is 17.2 Å². The van der Waals surface area contributed by atoms with Gasteiger partial charge >= 0.3 is 5.97 Å². The highest BCUT2D eigenvalue weighted by Gasteiger charge is 2.08. The number of carbonyl (C=O) groups excluding carboxylic acids is 1. The van der Waals surface area contributed by atoms with Crippen LogP contribution in [0.25, 0.3) is 0 Å². The van der Waals surface area contributed by atoms with Crippen molar-refractivity contribution in [1.82, 2.24) is 0 Å². The molecule has 0 spiro atoms. The van der Waals surface area contributed by atoms with Crippen molar-refractivity contribution in [2.45, 2.75) is 19.6 Å². The third-order valence-electron chi connectivity index (χ3n) is 1.89. The molecule has 2 nitrogen and oxygen atoms in total. The zero-order valence-electron chi connectivity index (χ0n) is 10.7. The fourth-order valence-corrected chi connectivity index (χ4v) is 1.81. The monoisotopic (exact) mass is 278 g/mol. The summed E-state index contributed by atoms with van der Waals surface area (Å²) in [7, 11) is -1.41. The molecule has 0 atom stereocenters. The van der Waals surface area contributed by atoms with Crippen molar-refractivity contribution >= 4 is 25.6 Å². The number of benzene rings is 1. The van der Waals surface area contributed by atoms with Crippen LogP contribution in [0.15, 0.2) is 30.9 Å². The lowest BCUT2D eigenvalue weighted by molar-refractivity contribution is -0.128. The first-order chi connectivity index (χ1) is 8.31. The number of ether oxygens (including phenoxy) is 1. The number of hydrogen-bond acceptors (Lipinski definition) is 2. The maximum atomic E-state index is 11.1. The van der Waals surface area contributed by atoms with E-state index < -0.39 is 14.0 Å². The Labute approximate surface area is 114 Å². The minimum absolute atomic E-state index is 0.320. The highest BCUT2D eigenvalue weighted by Crippen LogP contribution is 2.25. The predicted octanol–water partition coefficient (Wildman–Crippen LogP) is 3.66. The summed E-state index contributed by atoms with van der Waals surface area (Å²) in [5, 5.41) is 0.368. The summed E-state index contributed by atoms with van der Waals surface area (Å²) in [5.74, 6) is 2.88. The zero-order chi connectivity index (χ0) is 13.8. The van der Waals surface area contributed by atoms with E-state index in [9.17, 15) is 4.79 Å². The second-order valence-corrected chi connectivity index (χ2v) is 9.93. The SMILES string of the molecule is C=CC(=O)Oc1ccc(C#C[Si](C)(C)C)cc1Cl. The van der Waals surface area contributed by atoms with Crippen LogP contribution in [0.4, 0.5) is 0 Å². The minimum Gasteiger partial charge on any atom is -0.422 e. The second kappa shape index (κ2) is 5.90. The number of halogens is 1. The highest BCUT2D eigenvalue weighted by atomic mass is 35.5. The van der Waals surface area contributed by atoms with Gasteiger partial charge in [0, 0.05) is 11.6 Å². The van der Waals surface area contributed by atoms with Crippen LogP contribution in [0, 0.1) is 11.5 Å². The van der Waals surface area contributed by atoms with E-state index in [4.69, 9.17) is 16.3 Å². The molecule has 94 valence electrons. The van der Waals surface area contributed by atoms with Crippen LogP contribution in [0.3, 0.4) is 0 Å². The maximum absolute atomic E-state index is 11.1. The third kappa shape index (κ3) is 4.78. The van der Waals surface area contributed by atoms with Crippen LogP contribution < -0.4 is 4.74 Å². The largest absolute Gasteiger partial charge is 0.422 e. The van der Waals surface area contributed by atoms with Gasteiger partial charge in [-0.15, -0.1) is 5.54 Å². The molecule has 1 aromatic carbocycles. The van der Waals surface area contributed by atoms with Gasteiger partial charge in [-0.1, -0.05) is 43.7 Å². The lowest BCUT2D eigenvalue weighted by Gasteiger charge is -2.05. The molecule has 0 radical (unpaired) electrons. The summed E-state index contributed by atoms with van der Waals surface area (Å²) >= 11 is 6.01. The van der Waals surface area contributed by atoms with E-state index in [1.807, 2.05) is 0 Å². The molecule has 0 saturated carbocycles. The molecule has 1 rings (SSSR count). The minimum atomic E-state index is -1.41. The van der Waals surface area contributed by atoms with Gasteiger partial charge in [-0.25, -0.2) is 4.79 Å². The lowest BCUT2D eigenvalue weighted by Crippen LogP contribution is -2.16. The Kier molecular flexibility index (Phi) is 4.77. The summed E-state index contributed by atoms with van der Waals surface area (Å²) in [6.45, 7) is 9.83. The van der Waals surface area contributed by atoms with Crippen molar-refractivity contribution in [3.05, 3.63) is 41.4 Å². The number of hydrogen-bond donors (Lipinski definition) is 0. The third-order valence-corrected chi connectivity index (χ3v) is 3.06. The van der Waals surface area contributed by atoms with E-state index in [0.29, 0.717) is 10.8 Å². The van der Waals surface area contributed by atoms with Crippen molar-refractivity contribution < 1.29 is 9.53 Å². The smallest absolute Gasteiger partial charge is 0.335 e. The normalized spacial score (nSPS) is 10.2. The molecule has 0 aliphatic carbocycles. The van der Waals surface area contributed by atoms with E-state index in [-0.39, 0.29) is 0 Å². The molecule has 0 aromatic heterocycles. The van der Waals surface area contributed by atoms with Crippen molar-refractivity contribution in [2.24, 2.45) is 0 Å². The van der Waals surface area contributed by atoms with Crippen molar-refractivity contribution in [2.75, 3.05) is 0 Å². The molecular weight excluding hydrogens is 264 g/mol. The van der Waals surface area contributed by atoms with E-state index in [1.165, 1.54) is 0 Å². The van der Waals surface area contributed by atoms with Gasteiger partial charge in [0.05, 0.1) is 5.02 Å². The number of rotatable bonds is 2. The Balaban J connectivity index is 2.95. The average Bonchev–Trinajstić information content (AvgIpc) is 2.28. The van der Waals surface area contributed by atoms with Crippen molar-refractivity contribution in [3.63, 3.8) is 0 Å². The molecule has 4 heteroatoms. The van der Waals surface area contributed by atoms with Crippen LogP contribution in [-0.2, 0) is 4.79 Å². The maximum Gasteiger partial charge on any atom is 0.335 e. The van der Waals surface area contributed by atoms with Crippen LogP contribution in [0.1, 0.15) is 5.56 Å². The van der Waals surface area contributed by atoms with Gasteiger partial charge in [-0.2, -0.15) is 0 Å². The number of carbonyl (C=O) groups is 1. The fourth-order valence-electron chi connectivity index (χ4n) is 1.07. The summed E-state index contributed by atoms with van der Waals surface area (Å²) in [5.41, 5.74) is 4.06. The van der Waals surface area contributed by atoms with Gasteiger partial charge in [0.15, 0.2) is 0 Å². The van der Waals surface area contributed by atoms with E-state index in [0.717, 1.165) is 11.6 Å². The molecule has 0 aliphatic rings. The lowest BCUT2D eigenvalue weighted by atomic mass is 10.2. The van der Waals surface area contributed by atoms with Crippen LogP contribution in [0.2, 0.25) is 24.7 Å².